The maximum Gasteiger partial charge on any atom is 0.331 e. The summed E-state index contributed by atoms with van der Waals surface area (Å²) in [5.74, 6) is 1.93. The predicted octanol–water partition coefficient (Wildman–Crippen LogP) is 3.90. The summed E-state index contributed by atoms with van der Waals surface area (Å²) >= 11 is 0. The lowest BCUT2D eigenvalue weighted by molar-refractivity contribution is -0.158. The summed E-state index contributed by atoms with van der Waals surface area (Å²) in [7, 11) is 0. The lowest BCUT2D eigenvalue weighted by Gasteiger charge is -2.52. The van der Waals surface area contributed by atoms with Gasteiger partial charge in [0.1, 0.15) is 11.4 Å². The first kappa shape index (κ1) is 14.7. The normalized spacial score (nSPS) is 46.1. The van der Waals surface area contributed by atoms with Crippen molar-refractivity contribution in [2.45, 2.75) is 57.5 Å². The van der Waals surface area contributed by atoms with Crippen LogP contribution in [-0.4, -0.2) is 17.4 Å². The summed E-state index contributed by atoms with van der Waals surface area (Å²) in [6.07, 6.45) is 15.0. The first-order valence-corrected chi connectivity index (χ1v) is 9.36. The van der Waals surface area contributed by atoms with Crippen LogP contribution in [0.25, 0.3) is 0 Å². The van der Waals surface area contributed by atoms with E-state index >= 15 is 0 Å². The minimum absolute atomic E-state index is 0.0454. The molecule has 0 N–H and O–H groups in total. The molecular formula is C21H24O3. The predicted molar refractivity (Wildman–Crippen MR) is 90.0 cm³/mol. The Labute approximate surface area is 142 Å². The monoisotopic (exact) mass is 324 g/mol. The molecular weight excluding hydrogens is 300 g/mol. The Morgan fingerprint density at radius 3 is 2.79 bits per heavy atom. The van der Waals surface area contributed by atoms with Gasteiger partial charge >= 0.3 is 5.97 Å². The Morgan fingerprint density at radius 2 is 2.00 bits per heavy atom. The van der Waals surface area contributed by atoms with Crippen LogP contribution in [0.3, 0.4) is 0 Å². The molecule has 3 nitrogen and oxygen atoms in total. The van der Waals surface area contributed by atoms with Gasteiger partial charge in [-0.3, -0.25) is 4.79 Å². The third kappa shape index (κ3) is 1.73. The Hall–Kier alpha value is -1.64. The van der Waals surface area contributed by atoms with Gasteiger partial charge in [0.05, 0.1) is 0 Å². The highest BCUT2D eigenvalue weighted by atomic mass is 16.6. The fourth-order valence-corrected chi connectivity index (χ4v) is 6.46. The van der Waals surface area contributed by atoms with Crippen molar-refractivity contribution in [2.24, 2.45) is 23.2 Å². The molecule has 0 aromatic rings. The molecule has 0 amide bonds. The highest BCUT2D eigenvalue weighted by molar-refractivity contribution is 5.85. The van der Waals surface area contributed by atoms with Crippen molar-refractivity contribution in [3.8, 4) is 0 Å². The third-order valence-electron chi connectivity index (χ3n) is 7.73. The molecule has 2 fully saturated rings. The summed E-state index contributed by atoms with van der Waals surface area (Å²) in [5, 5.41) is 0. The zero-order valence-electron chi connectivity index (χ0n) is 14.2. The number of rotatable bonds is 0. The van der Waals surface area contributed by atoms with Crippen LogP contribution in [0.1, 0.15) is 51.9 Å². The summed E-state index contributed by atoms with van der Waals surface area (Å²) in [6, 6.07) is 0. The van der Waals surface area contributed by atoms with Gasteiger partial charge in [-0.15, -0.1) is 0 Å². The Balaban J connectivity index is 1.49. The van der Waals surface area contributed by atoms with E-state index in [4.69, 9.17) is 4.74 Å². The van der Waals surface area contributed by atoms with E-state index in [2.05, 4.69) is 19.1 Å². The topological polar surface area (TPSA) is 43.4 Å². The number of ether oxygens (including phenoxy) is 1. The maximum absolute atomic E-state index is 11.8. The number of carbonyl (C=O) groups excluding carboxylic acids is 2. The second-order valence-corrected chi connectivity index (χ2v) is 8.55. The number of allylic oxidation sites excluding steroid dienone is 4. The van der Waals surface area contributed by atoms with Crippen molar-refractivity contribution >= 4 is 11.8 Å². The summed E-state index contributed by atoms with van der Waals surface area (Å²) in [6.45, 7) is 2.34. The van der Waals surface area contributed by atoms with E-state index in [0.717, 1.165) is 38.5 Å². The van der Waals surface area contributed by atoms with Gasteiger partial charge in [-0.2, -0.15) is 0 Å². The van der Waals surface area contributed by atoms with Gasteiger partial charge in [0.15, 0.2) is 0 Å². The summed E-state index contributed by atoms with van der Waals surface area (Å²) < 4.78 is 5.85. The molecule has 2 saturated carbocycles. The molecule has 0 radical (unpaired) electrons. The van der Waals surface area contributed by atoms with E-state index in [0.29, 0.717) is 30.0 Å². The van der Waals surface area contributed by atoms with E-state index in [1.807, 2.05) is 6.08 Å². The minimum atomic E-state index is -0.370. The number of hydrogen-bond acceptors (Lipinski definition) is 3. The van der Waals surface area contributed by atoms with E-state index in [1.165, 1.54) is 5.57 Å². The largest absolute Gasteiger partial charge is 0.451 e. The van der Waals surface area contributed by atoms with Crippen LogP contribution >= 0.6 is 0 Å². The lowest BCUT2D eigenvalue weighted by Crippen LogP contribution is -2.50. The molecule has 0 aromatic carbocycles. The number of hydrogen-bond donors (Lipinski definition) is 0. The Bertz CT molecular complexity index is 727. The van der Waals surface area contributed by atoms with Crippen molar-refractivity contribution in [3.63, 3.8) is 0 Å². The second-order valence-electron chi connectivity index (χ2n) is 8.55. The molecule has 0 saturated heterocycles. The number of Topliss-reactive ketones (excluding diaryl/α,β-unsaturated/α-hetero) is 1. The van der Waals surface area contributed by atoms with Crippen molar-refractivity contribution < 1.29 is 14.3 Å². The number of carbonyl (C=O) groups is 2. The molecule has 0 aromatic heterocycles. The zero-order chi connectivity index (χ0) is 16.5. The number of esters is 1. The van der Waals surface area contributed by atoms with Crippen LogP contribution in [0, 0.1) is 23.2 Å². The molecule has 5 aliphatic rings. The molecule has 3 heteroatoms. The highest BCUT2D eigenvalue weighted by Crippen LogP contribution is 2.65. The first-order valence-electron chi connectivity index (χ1n) is 9.36. The average Bonchev–Trinajstić information content (AvgIpc) is 3.08. The zero-order valence-corrected chi connectivity index (χ0v) is 14.2. The summed E-state index contributed by atoms with van der Waals surface area (Å²) in [4.78, 5) is 23.5. The fourth-order valence-electron chi connectivity index (χ4n) is 6.46. The Morgan fingerprint density at radius 1 is 1.12 bits per heavy atom. The number of fused-ring (bicyclic) bond motifs is 5. The molecule has 126 valence electrons. The van der Waals surface area contributed by atoms with Gasteiger partial charge in [-0.1, -0.05) is 24.6 Å². The molecule has 5 rings (SSSR count). The van der Waals surface area contributed by atoms with E-state index in [9.17, 15) is 9.59 Å². The average molecular weight is 324 g/mol. The quantitative estimate of drug-likeness (QED) is 0.635. The number of ketones is 1. The van der Waals surface area contributed by atoms with Gasteiger partial charge in [0, 0.05) is 24.3 Å². The molecule has 1 aliphatic heterocycles. The van der Waals surface area contributed by atoms with Crippen LogP contribution < -0.4 is 0 Å². The standard InChI is InChI=1S/C21H24O3/c1-20-9-6-16-15-5-3-14(22)12-13(15)2-4-17(16)18(20)7-10-21(20)11-8-19(23)24-21/h2,4,8,11,16-18H,3,5-7,9-10,12H2,1H3/t16?,17?,18?,20-,21+/m0/s1. The molecule has 1 spiro atoms. The van der Waals surface area contributed by atoms with Crippen molar-refractivity contribution in [1.29, 1.82) is 0 Å². The van der Waals surface area contributed by atoms with Crippen molar-refractivity contribution in [1.82, 2.24) is 0 Å². The molecule has 3 unspecified atom stereocenters. The van der Waals surface area contributed by atoms with Crippen LogP contribution in [0.15, 0.2) is 35.5 Å². The fraction of sp³-hybridized carbons (Fsp3) is 0.619. The van der Waals surface area contributed by atoms with Gasteiger partial charge in [-0.25, -0.2) is 4.79 Å². The van der Waals surface area contributed by atoms with Crippen molar-refractivity contribution in [3.05, 3.63) is 35.5 Å². The van der Waals surface area contributed by atoms with Gasteiger partial charge in [0.2, 0.25) is 0 Å². The van der Waals surface area contributed by atoms with Crippen molar-refractivity contribution in [2.75, 3.05) is 0 Å². The molecule has 5 atom stereocenters. The minimum Gasteiger partial charge on any atom is -0.451 e. The Kier molecular flexibility index (Phi) is 2.88. The maximum atomic E-state index is 11.8. The molecule has 1 heterocycles. The van der Waals surface area contributed by atoms with E-state index in [-0.39, 0.29) is 17.0 Å². The van der Waals surface area contributed by atoms with Gasteiger partial charge in [-0.05, 0) is 61.5 Å². The highest BCUT2D eigenvalue weighted by Gasteiger charge is 2.63. The smallest absolute Gasteiger partial charge is 0.331 e. The molecule has 0 bridgehead atoms. The molecule has 4 aliphatic carbocycles. The van der Waals surface area contributed by atoms with E-state index < -0.39 is 0 Å². The first-order chi connectivity index (χ1) is 11.5. The van der Waals surface area contributed by atoms with Crippen LogP contribution in [0.2, 0.25) is 0 Å². The van der Waals surface area contributed by atoms with E-state index in [1.54, 1.807) is 11.6 Å². The van der Waals surface area contributed by atoms with Crippen LogP contribution in [-0.2, 0) is 14.3 Å². The van der Waals surface area contributed by atoms with Crippen LogP contribution in [0.5, 0.6) is 0 Å². The lowest BCUT2D eigenvalue weighted by atomic mass is 9.54. The summed E-state index contributed by atoms with van der Waals surface area (Å²) in [5.41, 5.74) is 2.54. The van der Waals surface area contributed by atoms with Crippen LogP contribution in [0.4, 0.5) is 0 Å². The second kappa shape index (κ2) is 4.71. The SMILES string of the molecule is C[C@]12CCC3C4=C(C=CC3C1CC[C@@]21C=CC(=O)O1)CC(=O)CC4. The third-order valence-corrected chi connectivity index (χ3v) is 7.73. The van der Waals surface area contributed by atoms with Gasteiger partial charge < -0.3 is 4.74 Å². The van der Waals surface area contributed by atoms with Gasteiger partial charge in [0.25, 0.3) is 0 Å². The molecule has 24 heavy (non-hydrogen) atoms.